The molecule has 0 amide bonds. The number of ether oxygens (including phenoxy) is 3. The van der Waals surface area contributed by atoms with Gasteiger partial charge in [0.05, 0.1) is 26.4 Å². The first-order valence-corrected chi connectivity index (χ1v) is 6.98. The molecule has 5 heteroatoms. The Hall–Kier alpha value is -1.56. The fourth-order valence-corrected chi connectivity index (χ4v) is 1.84. The number of benzene rings is 1. The maximum absolute atomic E-state index is 9.78. The highest BCUT2D eigenvalue weighted by atomic mass is 16.5. The van der Waals surface area contributed by atoms with Crippen molar-refractivity contribution >= 4 is 0 Å². The van der Waals surface area contributed by atoms with Crippen LogP contribution in [-0.4, -0.2) is 63.2 Å². The van der Waals surface area contributed by atoms with Crippen LogP contribution in [0, 0.1) is 0 Å². The first-order chi connectivity index (χ1) is 10.2. The molecule has 0 aliphatic carbocycles. The Kier molecular flexibility index (Phi) is 8.50. The van der Waals surface area contributed by atoms with Gasteiger partial charge in [-0.05, 0) is 19.2 Å². The lowest BCUT2D eigenvalue weighted by Crippen LogP contribution is -2.34. The summed E-state index contributed by atoms with van der Waals surface area (Å²) in [7, 11) is 3.55. The smallest absolute Gasteiger partial charge is 0.161 e. The molecule has 0 saturated carbocycles. The highest BCUT2D eigenvalue weighted by Gasteiger charge is 2.09. The molecule has 0 heterocycles. The molecule has 0 aliphatic heterocycles. The van der Waals surface area contributed by atoms with Crippen molar-refractivity contribution in [3.8, 4) is 11.5 Å². The van der Waals surface area contributed by atoms with Crippen LogP contribution in [0.15, 0.2) is 36.9 Å². The third-order valence-electron chi connectivity index (χ3n) is 2.87. The van der Waals surface area contributed by atoms with Crippen LogP contribution >= 0.6 is 0 Å². The highest BCUT2D eigenvalue weighted by Crippen LogP contribution is 2.25. The van der Waals surface area contributed by atoms with Crippen molar-refractivity contribution < 1.29 is 19.3 Å². The fourth-order valence-electron chi connectivity index (χ4n) is 1.84. The van der Waals surface area contributed by atoms with Crippen LogP contribution in [-0.2, 0) is 4.74 Å². The summed E-state index contributed by atoms with van der Waals surface area (Å²) in [4.78, 5) is 2.00. The first kappa shape index (κ1) is 17.5. The van der Waals surface area contributed by atoms with Gasteiger partial charge in [-0.15, -0.1) is 6.58 Å². The van der Waals surface area contributed by atoms with Gasteiger partial charge < -0.3 is 24.2 Å². The minimum atomic E-state index is -0.513. The molecule has 0 radical (unpaired) electrons. The van der Waals surface area contributed by atoms with E-state index in [9.17, 15) is 5.11 Å². The topological polar surface area (TPSA) is 51.2 Å². The van der Waals surface area contributed by atoms with Crippen molar-refractivity contribution in [1.29, 1.82) is 0 Å². The number of nitrogens with zero attached hydrogens (tertiary/aromatic N) is 1. The molecule has 21 heavy (non-hydrogen) atoms. The fraction of sp³-hybridized carbons (Fsp3) is 0.500. The maximum Gasteiger partial charge on any atom is 0.161 e. The Morgan fingerprint density at radius 3 is 2.71 bits per heavy atom. The molecule has 0 aromatic heterocycles. The van der Waals surface area contributed by atoms with Gasteiger partial charge in [0.15, 0.2) is 11.5 Å². The summed E-state index contributed by atoms with van der Waals surface area (Å²) >= 11 is 0. The van der Waals surface area contributed by atoms with E-state index in [4.69, 9.17) is 14.2 Å². The lowest BCUT2D eigenvalue weighted by atomic mass is 10.3. The third-order valence-corrected chi connectivity index (χ3v) is 2.87. The van der Waals surface area contributed by atoms with Gasteiger partial charge in [-0.3, -0.25) is 0 Å². The van der Waals surface area contributed by atoms with Crippen LogP contribution < -0.4 is 9.47 Å². The van der Waals surface area contributed by atoms with E-state index in [2.05, 4.69) is 6.58 Å². The number of aliphatic hydroxyl groups is 1. The Balaban J connectivity index is 2.23. The van der Waals surface area contributed by atoms with Gasteiger partial charge in [-0.1, -0.05) is 18.2 Å². The second-order valence-corrected chi connectivity index (χ2v) is 4.74. The summed E-state index contributed by atoms with van der Waals surface area (Å²) in [6.07, 6.45) is 1.15. The van der Waals surface area contributed by atoms with Crippen LogP contribution in [0.25, 0.3) is 0 Å². The van der Waals surface area contributed by atoms with Gasteiger partial charge >= 0.3 is 0 Å². The van der Waals surface area contributed by atoms with E-state index >= 15 is 0 Å². The van der Waals surface area contributed by atoms with E-state index in [1.54, 1.807) is 13.2 Å². The molecular formula is C16H25NO4. The summed E-state index contributed by atoms with van der Waals surface area (Å²) in [6.45, 7) is 6.09. The molecule has 1 aromatic carbocycles. The van der Waals surface area contributed by atoms with E-state index in [1.807, 2.05) is 36.2 Å². The van der Waals surface area contributed by atoms with Crippen molar-refractivity contribution in [1.82, 2.24) is 4.90 Å². The molecular weight excluding hydrogens is 270 g/mol. The minimum Gasteiger partial charge on any atom is -0.493 e. The first-order valence-electron chi connectivity index (χ1n) is 6.98. The van der Waals surface area contributed by atoms with Crippen LogP contribution in [0.3, 0.4) is 0 Å². The molecule has 1 atom stereocenters. The molecule has 0 spiro atoms. The molecule has 1 rings (SSSR count). The lowest BCUT2D eigenvalue weighted by molar-refractivity contribution is 0.0291. The van der Waals surface area contributed by atoms with Crippen LogP contribution in [0.5, 0.6) is 11.5 Å². The van der Waals surface area contributed by atoms with Gasteiger partial charge in [0.2, 0.25) is 0 Å². The van der Waals surface area contributed by atoms with Gasteiger partial charge in [-0.2, -0.15) is 0 Å². The largest absolute Gasteiger partial charge is 0.493 e. The van der Waals surface area contributed by atoms with Crippen molar-refractivity contribution in [3.05, 3.63) is 36.9 Å². The molecule has 0 bridgehead atoms. The van der Waals surface area contributed by atoms with Crippen molar-refractivity contribution in [3.63, 3.8) is 0 Å². The molecule has 0 fully saturated rings. The van der Waals surface area contributed by atoms with E-state index in [0.717, 1.165) is 11.5 Å². The number of para-hydroxylation sites is 2. The Morgan fingerprint density at radius 1 is 1.33 bits per heavy atom. The van der Waals surface area contributed by atoms with Gasteiger partial charge in [-0.25, -0.2) is 0 Å². The zero-order chi connectivity index (χ0) is 15.5. The molecule has 118 valence electrons. The second kappa shape index (κ2) is 10.2. The molecule has 5 nitrogen and oxygen atoms in total. The summed E-state index contributed by atoms with van der Waals surface area (Å²) < 4.78 is 16.1. The number of hydrogen-bond donors (Lipinski definition) is 1. The molecule has 0 saturated heterocycles. The second-order valence-electron chi connectivity index (χ2n) is 4.74. The Labute approximate surface area is 126 Å². The standard InChI is InChI=1S/C16H25NO4/c1-4-10-20-13-14(18)12-17(2)9-11-21-16-8-6-5-7-15(16)19-3/h4-8,14,18H,1,9-13H2,2-3H3/t14-/m1/s1. The van der Waals surface area contributed by atoms with Gasteiger partial charge in [0.1, 0.15) is 6.61 Å². The Morgan fingerprint density at radius 2 is 2.05 bits per heavy atom. The average Bonchev–Trinajstić information content (AvgIpc) is 2.48. The quantitative estimate of drug-likeness (QED) is 0.496. The lowest BCUT2D eigenvalue weighted by Gasteiger charge is -2.20. The van der Waals surface area contributed by atoms with Crippen LogP contribution in [0.4, 0.5) is 0 Å². The van der Waals surface area contributed by atoms with E-state index in [0.29, 0.717) is 32.9 Å². The molecule has 0 unspecified atom stereocenters. The van der Waals surface area contributed by atoms with Crippen LogP contribution in [0.2, 0.25) is 0 Å². The zero-order valence-corrected chi connectivity index (χ0v) is 12.8. The minimum absolute atomic E-state index is 0.309. The Bertz CT molecular complexity index is 411. The maximum atomic E-state index is 9.78. The van der Waals surface area contributed by atoms with E-state index < -0.39 is 6.10 Å². The van der Waals surface area contributed by atoms with Crippen LogP contribution in [0.1, 0.15) is 0 Å². The van der Waals surface area contributed by atoms with Crippen molar-refractivity contribution in [2.45, 2.75) is 6.10 Å². The summed E-state index contributed by atoms with van der Waals surface area (Å²) in [5.41, 5.74) is 0. The number of hydrogen-bond acceptors (Lipinski definition) is 5. The van der Waals surface area contributed by atoms with Crippen molar-refractivity contribution in [2.24, 2.45) is 0 Å². The summed E-state index contributed by atoms with van der Waals surface area (Å²) in [5, 5.41) is 9.78. The third kappa shape index (κ3) is 7.13. The number of aliphatic hydroxyl groups excluding tert-OH is 1. The molecule has 1 N–H and O–H groups in total. The van der Waals surface area contributed by atoms with Gasteiger partial charge in [0.25, 0.3) is 0 Å². The predicted octanol–water partition coefficient (Wildman–Crippen LogP) is 1.57. The van der Waals surface area contributed by atoms with Gasteiger partial charge in [0, 0.05) is 13.1 Å². The summed E-state index contributed by atoms with van der Waals surface area (Å²) in [5.74, 6) is 1.45. The predicted molar refractivity (Wildman–Crippen MR) is 83.0 cm³/mol. The van der Waals surface area contributed by atoms with E-state index in [-0.39, 0.29) is 0 Å². The number of methoxy groups -OCH3 is 1. The summed E-state index contributed by atoms with van der Waals surface area (Å²) in [6, 6.07) is 7.54. The average molecular weight is 295 g/mol. The van der Waals surface area contributed by atoms with E-state index in [1.165, 1.54) is 0 Å². The molecule has 0 aliphatic rings. The normalized spacial score (nSPS) is 12.2. The SMILES string of the molecule is C=CCOC[C@H](O)CN(C)CCOc1ccccc1OC. The molecule has 1 aromatic rings. The number of rotatable bonds is 11. The van der Waals surface area contributed by atoms with Crippen molar-refractivity contribution in [2.75, 3.05) is 47.1 Å². The zero-order valence-electron chi connectivity index (χ0n) is 12.8. The monoisotopic (exact) mass is 295 g/mol. The highest BCUT2D eigenvalue weighted by molar-refractivity contribution is 5.39. The number of likely N-dealkylation sites (N-methyl/N-ethyl adjacent to an activating group) is 1.